The van der Waals surface area contributed by atoms with E-state index in [0.717, 1.165) is 10.6 Å². The maximum Gasteiger partial charge on any atom is 0.308 e. The molecule has 5 nitrogen and oxygen atoms in total. The van der Waals surface area contributed by atoms with E-state index >= 15 is 0 Å². The molecular formula is C19H23FN2O3S. The number of hydrogen-bond acceptors (Lipinski definition) is 4. The van der Waals surface area contributed by atoms with Crippen LogP contribution in [0.4, 0.5) is 4.39 Å². The van der Waals surface area contributed by atoms with Crippen molar-refractivity contribution < 1.29 is 19.1 Å². The van der Waals surface area contributed by atoms with Gasteiger partial charge in [-0.15, -0.1) is 11.3 Å². The summed E-state index contributed by atoms with van der Waals surface area (Å²) in [7, 11) is 0. The highest BCUT2D eigenvalue weighted by Gasteiger charge is 2.22. The van der Waals surface area contributed by atoms with Gasteiger partial charge in [0.15, 0.2) is 0 Å². The van der Waals surface area contributed by atoms with Crippen LogP contribution in [0.25, 0.3) is 0 Å². The number of nitrogens with one attached hydrogen (secondary N) is 1. The minimum atomic E-state index is -0.906. The maximum absolute atomic E-state index is 13.0. The summed E-state index contributed by atoms with van der Waals surface area (Å²) in [5.74, 6) is -1.87. The van der Waals surface area contributed by atoms with Gasteiger partial charge >= 0.3 is 5.97 Å². The normalized spacial score (nSPS) is 12.2. The third-order valence-electron chi connectivity index (χ3n) is 3.93. The molecule has 26 heavy (non-hydrogen) atoms. The number of carboxylic acids is 1. The molecule has 0 aliphatic heterocycles. The van der Waals surface area contributed by atoms with Crippen LogP contribution in [-0.2, 0) is 11.2 Å². The first-order chi connectivity index (χ1) is 12.3. The standard InChI is InChI=1S/C19H23FN2O3S/c1-11(2)8-14(19(24)25)10-21-18(23)17-12(3)22-16(26-17)9-13-4-6-15(20)7-5-13/h4-7,11,14H,8-10H2,1-3H3,(H,21,23)(H,24,25). The lowest BCUT2D eigenvalue weighted by molar-refractivity contribution is -0.142. The number of amides is 1. The molecule has 1 aromatic carbocycles. The first kappa shape index (κ1) is 20.0. The van der Waals surface area contributed by atoms with Crippen LogP contribution in [0.3, 0.4) is 0 Å². The molecular weight excluding hydrogens is 355 g/mol. The van der Waals surface area contributed by atoms with Crippen LogP contribution in [0.5, 0.6) is 0 Å². The van der Waals surface area contributed by atoms with Crippen molar-refractivity contribution in [2.75, 3.05) is 6.54 Å². The molecule has 0 fully saturated rings. The molecule has 2 rings (SSSR count). The summed E-state index contributed by atoms with van der Waals surface area (Å²) in [4.78, 5) is 28.6. The summed E-state index contributed by atoms with van der Waals surface area (Å²) in [6.07, 6.45) is 1.03. The van der Waals surface area contributed by atoms with E-state index in [0.29, 0.717) is 23.4 Å². The third-order valence-corrected chi connectivity index (χ3v) is 5.09. The minimum absolute atomic E-state index is 0.0942. The average Bonchev–Trinajstić information content (AvgIpc) is 2.93. The molecule has 1 aromatic heterocycles. The number of rotatable bonds is 8. The van der Waals surface area contributed by atoms with Gasteiger partial charge in [0.25, 0.3) is 5.91 Å². The fourth-order valence-electron chi connectivity index (χ4n) is 2.65. The molecule has 0 bridgehead atoms. The van der Waals surface area contributed by atoms with Crippen LogP contribution in [0, 0.1) is 24.6 Å². The number of aliphatic carboxylic acids is 1. The highest BCUT2D eigenvalue weighted by molar-refractivity contribution is 7.13. The van der Waals surface area contributed by atoms with E-state index in [9.17, 15) is 19.1 Å². The fraction of sp³-hybridized carbons (Fsp3) is 0.421. The van der Waals surface area contributed by atoms with E-state index in [1.807, 2.05) is 13.8 Å². The Balaban J connectivity index is 2.01. The molecule has 2 N–H and O–H groups in total. The Morgan fingerprint density at radius 3 is 2.50 bits per heavy atom. The van der Waals surface area contributed by atoms with Gasteiger partial charge in [-0.1, -0.05) is 26.0 Å². The first-order valence-electron chi connectivity index (χ1n) is 8.48. The predicted molar refractivity (Wildman–Crippen MR) is 99.0 cm³/mol. The van der Waals surface area contributed by atoms with E-state index in [1.54, 1.807) is 19.1 Å². The Morgan fingerprint density at radius 1 is 1.27 bits per heavy atom. The molecule has 1 unspecified atom stereocenters. The van der Waals surface area contributed by atoms with Crippen molar-refractivity contribution in [1.29, 1.82) is 0 Å². The van der Waals surface area contributed by atoms with Gasteiger partial charge in [0.1, 0.15) is 10.7 Å². The van der Waals surface area contributed by atoms with E-state index in [-0.39, 0.29) is 24.2 Å². The zero-order valence-corrected chi connectivity index (χ0v) is 15.9. The van der Waals surface area contributed by atoms with Crippen molar-refractivity contribution in [2.45, 2.75) is 33.6 Å². The van der Waals surface area contributed by atoms with Crippen LogP contribution in [0.15, 0.2) is 24.3 Å². The van der Waals surface area contributed by atoms with Gasteiger partial charge in [-0.3, -0.25) is 9.59 Å². The van der Waals surface area contributed by atoms with Crippen molar-refractivity contribution in [3.63, 3.8) is 0 Å². The number of carbonyl (C=O) groups is 2. The van der Waals surface area contributed by atoms with Gasteiger partial charge in [-0.05, 0) is 37.0 Å². The summed E-state index contributed by atoms with van der Waals surface area (Å²) in [6.45, 7) is 5.75. The van der Waals surface area contributed by atoms with Gasteiger partial charge < -0.3 is 10.4 Å². The SMILES string of the molecule is Cc1nc(Cc2ccc(F)cc2)sc1C(=O)NCC(CC(C)C)C(=O)O. The lowest BCUT2D eigenvalue weighted by Gasteiger charge is -2.15. The number of nitrogens with zero attached hydrogens (tertiary/aromatic N) is 1. The van der Waals surface area contributed by atoms with Crippen molar-refractivity contribution in [3.05, 3.63) is 51.2 Å². The van der Waals surface area contributed by atoms with E-state index < -0.39 is 11.9 Å². The number of aryl methyl sites for hydroxylation is 1. The third kappa shape index (κ3) is 5.62. The summed E-state index contributed by atoms with van der Waals surface area (Å²) in [5.41, 5.74) is 1.52. The topological polar surface area (TPSA) is 79.3 Å². The van der Waals surface area contributed by atoms with Crippen LogP contribution in [-0.4, -0.2) is 28.5 Å². The van der Waals surface area contributed by atoms with Crippen molar-refractivity contribution in [3.8, 4) is 0 Å². The van der Waals surface area contributed by atoms with Gasteiger partial charge in [0.05, 0.1) is 16.6 Å². The van der Waals surface area contributed by atoms with E-state index in [1.165, 1.54) is 23.5 Å². The zero-order valence-electron chi connectivity index (χ0n) is 15.1. The first-order valence-corrected chi connectivity index (χ1v) is 9.29. The van der Waals surface area contributed by atoms with Gasteiger partial charge in [-0.25, -0.2) is 9.37 Å². The Morgan fingerprint density at radius 2 is 1.92 bits per heavy atom. The number of carboxylic acid groups (broad SMARTS) is 1. The molecule has 1 amide bonds. The van der Waals surface area contributed by atoms with Gasteiger partial charge in [0.2, 0.25) is 0 Å². The number of hydrogen-bond donors (Lipinski definition) is 2. The molecule has 1 heterocycles. The molecule has 0 radical (unpaired) electrons. The van der Waals surface area contributed by atoms with Crippen LogP contribution in [0.1, 0.15) is 46.2 Å². The monoisotopic (exact) mass is 378 g/mol. The summed E-state index contributed by atoms with van der Waals surface area (Å²) < 4.78 is 13.0. The maximum atomic E-state index is 13.0. The average molecular weight is 378 g/mol. The second kappa shape index (κ2) is 8.89. The number of halogens is 1. The zero-order chi connectivity index (χ0) is 19.3. The largest absolute Gasteiger partial charge is 0.481 e. The lowest BCUT2D eigenvalue weighted by atomic mass is 9.97. The quantitative estimate of drug-likeness (QED) is 0.735. The molecule has 140 valence electrons. The second-order valence-electron chi connectivity index (χ2n) is 6.70. The summed E-state index contributed by atoms with van der Waals surface area (Å²) in [5, 5.41) is 12.7. The van der Waals surface area contributed by atoms with Crippen LogP contribution >= 0.6 is 11.3 Å². The van der Waals surface area contributed by atoms with E-state index in [4.69, 9.17) is 0 Å². The highest BCUT2D eigenvalue weighted by Crippen LogP contribution is 2.21. The molecule has 7 heteroatoms. The Bertz CT molecular complexity index is 772. The van der Waals surface area contributed by atoms with Gasteiger partial charge in [0, 0.05) is 13.0 Å². The molecule has 2 aromatic rings. The molecule has 1 atom stereocenters. The fourth-order valence-corrected chi connectivity index (χ4v) is 3.67. The lowest BCUT2D eigenvalue weighted by Crippen LogP contribution is -2.33. The highest BCUT2D eigenvalue weighted by atomic mass is 32.1. The predicted octanol–water partition coefficient (Wildman–Crippen LogP) is 3.66. The smallest absolute Gasteiger partial charge is 0.308 e. The van der Waals surface area contributed by atoms with Crippen LogP contribution < -0.4 is 5.32 Å². The summed E-state index contributed by atoms with van der Waals surface area (Å²) in [6, 6.07) is 6.17. The van der Waals surface area contributed by atoms with Crippen LogP contribution in [0.2, 0.25) is 0 Å². The Labute approximate surface area is 156 Å². The number of thiazole rings is 1. The molecule has 0 aliphatic rings. The molecule has 0 saturated carbocycles. The van der Waals surface area contributed by atoms with Gasteiger partial charge in [-0.2, -0.15) is 0 Å². The Kier molecular flexibility index (Phi) is 6.85. The van der Waals surface area contributed by atoms with Crippen molar-refractivity contribution in [1.82, 2.24) is 10.3 Å². The van der Waals surface area contributed by atoms with Crippen molar-refractivity contribution in [2.24, 2.45) is 11.8 Å². The van der Waals surface area contributed by atoms with Crippen molar-refractivity contribution >= 4 is 23.2 Å². The molecule has 0 saturated heterocycles. The minimum Gasteiger partial charge on any atom is -0.481 e. The van der Waals surface area contributed by atoms with E-state index in [2.05, 4.69) is 10.3 Å². The number of carbonyl (C=O) groups excluding carboxylic acids is 1. The summed E-state index contributed by atoms with van der Waals surface area (Å²) >= 11 is 1.28. The Hall–Kier alpha value is -2.28. The number of aromatic nitrogens is 1. The molecule has 0 spiro atoms. The second-order valence-corrected chi connectivity index (χ2v) is 7.78. The molecule has 0 aliphatic carbocycles. The number of benzene rings is 1.